The predicted molar refractivity (Wildman–Crippen MR) is 412 cm³/mol. The second kappa shape index (κ2) is 43.4. The molecule has 0 spiro atoms. The fourth-order valence-electron chi connectivity index (χ4n) is 14.3. The van der Waals surface area contributed by atoms with Gasteiger partial charge in [0.2, 0.25) is 11.8 Å². The van der Waals surface area contributed by atoms with Gasteiger partial charge in [-0.15, -0.1) is 0 Å². The maximum atomic E-state index is 14.4. The van der Waals surface area contributed by atoms with E-state index in [0.717, 1.165) is 67.5 Å². The van der Waals surface area contributed by atoms with E-state index >= 15 is 0 Å². The van der Waals surface area contributed by atoms with E-state index in [2.05, 4.69) is 137 Å². The van der Waals surface area contributed by atoms with E-state index in [9.17, 15) is 76.2 Å². The Bertz CT molecular complexity index is 3830. The Labute approximate surface area is 634 Å². The Hall–Kier alpha value is -9.57. The molecular weight excluding hydrogens is 1410 g/mol. The molecule has 13 N–H and O–H groups in total. The summed E-state index contributed by atoms with van der Waals surface area (Å²) in [4.78, 5) is 130. The van der Waals surface area contributed by atoms with Crippen LogP contribution in [0.15, 0.2) is 120 Å². The van der Waals surface area contributed by atoms with E-state index in [1.54, 1.807) is 24.3 Å². The molecule has 0 fully saturated rings. The zero-order chi connectivity index (χ0) is 79.0. The number of aliphatic carboxylic acids is 3. The quantitative estimate of drug-likeness (QED) is 0.0184. The molecule has 0 saturated heterocycles. The number of amides is 7. The topological polar surface area (TPSA) is 420 Å². The summed E-state index contributed by atoms with van der Waals surface area (Å²) in [7, 11) is -4.13. The first-order valence-electron chi connectivity index (χ1n) is 38.0. The number of urea groups is 2. The number of nitrogens with two attached hydrogens (primary N) is 1. The van der Waals surface area contributed by atoms with Crippen LogP contribution in [-0.4, -0.2) is 155 Å². The minimum absolute atomic E-state index is 0.0346. The van der Waals surface area contributed by atoms with Gasteiger partial charge in [0.05, 0.1) is 17.8 Å². The fourth-order valence-corrected chi connectivity index (χ4v) is 14.9. The van der Waals surface area contributed by atoms with E-state index in [1.807, 2.05) is 12.1 Å². The summed E-state index contributed by atoms with van der Waals surface area (Å²) in [6.07, 6.45) is 17.2. The lowest BCUT2D eigenvalue weighted by Gasteiger charge is -2.33. The first-order chi connectivity index (χ1) is 51.4. The summed E-state index contributed by atoms with van der Waals surface area (Å²) in [5.41, 5.74) is 12.9. The van der Waals surface area contributed by atoms with Crippen molar-refractivity contribution in [1.82, 2.24) is 31.9 Å². The van der Waals surface area contributed by atoms with Crippen molar-refractivity contribution in [2.24, 2.45) is 11.7 Å². The maximum absolute atomic E-state index is 14.4. The number of anilines is 2. The molecule has 6 rings (SSSR count). The molecular formula is C80H113N9O18S. The van der Waals surface area contributed by atoms with E-state index in [1.165, 1.54) is 16.9 Å². The average molecular weight is 1520 g/mol. The van der Waals surface area contributed by atoms with Gasteiger partial charge >= 0.3 is 36.1 Å². The predicted octanol–water partition coefficient (Wildman–Crippen LogP) is 11.4. The van der Waals surface area contributed by atoms with Gasteiger partial charge in [0.15, 0.2) is 5.78 Å². The number of allylic oxidation sites excluding steroid dienone is 6. The first-order valence-corrected chi connectivity index (χ1v) is 39.6. The van der Waals surface area contributed by atoms with Gasteiger partial charge in [0, 0.05) is 105 Å². The molecule has 1 unspecified atom stereocenters. The first kappa shape index (κ1) is 87.3. The van der Waals surface area contributed by atoms with E-state index in [0.29, 0.717) is 75.0 Å². The molecule has 28 heteroatoms. The molecule has 2 heterocycles. The Morgan fingerprint density at radius 1 is 0.630 bits per heavy atom. The van der Waals surface area contributed by atoms with Crippen LogP contribution in [-0.2, 0) is 60.9 Å². The SMILES string of the molecule is CCCCCN1/C(=C/C=C2\CCCC(/C=C/C3N(CCCCS(=O)(=O)O)c4ccccc4C3(C)C)=C2Oc2ccc(C[C@@H](NC(=O)[C@H](CCCNC(=O)O)CC(=O)[C@H](CCCNC(N)=O)NC(=O)CCCCCCCCC(=O)CC[C@H](NC(=O)NCCCC(=O)O)C(=O)O)C(=O)O)cc2)C(C)(C)c2ccccc21. The number of ketones is 2. The minimum atomic E-state index is -4.13. The lowest BCUT2D eigenvalue weighted by Crippen LogP contribution is -2.47. The molecule has 0 saturated carbocycles. The van der Waals surface area contributed by atoms with Gasteiger partial charge < -0.3 is 72.6 Å². The second-order valence-corrected chi connectivity index (χ2v) is 30.9. The van der Waals surface area contributed by atoms with E-state index < -0.39 is 94.2 Å². The van der Waals surface area contributed by atoms with Crippen LogP contribution in [0.25, 0.3) is 0 Å². The molecule has 592 valence electrons. The van der Waals surface area contributed by atoms with Crippen molar-refractivity contribution in [3.05, 3.63) is 136 Å². The summed E-state index contributed by atoms with van der Waals surface area (Å²) in [6, 6.07) is 18.1. The standard InChI is InChI=1S/C80H113N9O18S/c1-6-7-18-49-88-65-32-16-14-29-60(65)79(2,3)68(88)44-38-55-25-21-26-56(39-45-69-80(4,5)61-30-15-17-33-66(61)89(69)50-19-20-51-108(104,105)106)72(55)107-59-41-36-54(37-42-59)52-64(75(98)99)86-73(95)57(27-22-48-84-78(102)103)53-67(91)62(31-23-46-82-76(81)100)85-70(92)34-13-11-9-8-10-12-28-58(90)40-43-63(74(96)97)87-77(101)83-47-24-35-71(93)94/h14-17,29-30,32-33,36-39,41-42,44-45,57,62-64,69,84H,6-13,18-28,31,34-35,40,43,46-53H2,1-5H3,(H,85,92)(H,86,95)(H,93,94)(H,96,97)(H,98,99)(H,102,103)(H3,81,82,100)(H2,83,87,101)(H,104,105,106)/b45-39+,55-38+,68-44+/t57-,62+,63+,64-,69?/m1/s1. The minimum Gasteiger partial charge on any atom is -0.481 e. The van der Waals surface area contributed by atoms with Crippen LogP contribution in [0.2, 0.25) is 0 Å². The van der Waals surface area contributed by atoms with Crippen LogP contribution in [0.1, 0.15) is 212 Å². The highest BCUT2D eigenvalue weighted by molar-refractivity contribution is 7.85. The number of ether oxygens (including phenoxy) is 1. The Kier molecular flexibility index (Phi) is 35.1. The number of fused-ring (bicyclic) bond motifs is 2. The molecule has 3 aromatic rings. The Morgan fingerprint density at radius 2 is 1.27 bits per heavy atom. The number of hydrogen-bond donors (Lipinski definition) is 12. The maximum Gasteiger partial charge on any atom is 0.404 e. The van der Waals surface area contributed by atoms with Gasteiger partial charge in [-0.3, -0.25) is 28.5 Å². The number of para-hydroxylation sites is 2. The number of unbranched alkanes of at least 4 members (excludes halogenated alkanes) is 8. The van der Waals surface area contributed by atoms with Gasteiger partial charge in [-0.25, -0.2) is 24.0 Å². The Morgan fingerprint density at radius 3 is 1.94 bits per heavy atom. The van der Waals surface area contributed by atoms with E-state index in [4.69, 9.17) is 15.6 Å². The van der Waals surface area contributed by atoms with Crippen LogP contribution >= 0.6 is 0 Å². The number of hydrogen-bond acceptors (Lipinski definition) is 15. The molecule has 0 radical (unpaired) electrons. The highest BCUT2D eigenvalue weighted by Gasteiger charge is 2.44. The van der Waals surface area contributed by atoms with Crippen molar-refractivity contribution in [2.75, 3.05) is 48.3 Å². The van der Waals surface area contributed by atoms with Crippen molar-refractivity contribution >= 4 is 80.9 Å². The molecule has 3 aromatic carbocycles. The number of carboxylic acids is 3. The number of benzene rings is 3. The lowest BCUT2D eigenvalue weighted by atomic mass is 9.80. The van der Waals surface area contributed by atoms with Crippen LogP contribution in [0.4, 0.5) is 25.8 Å². The average Bonchev–Trinajstić information content (AvgIpc) is 1.60. The molecule has 27 nitrogen and oxygen atoms in total. The zero-order valence-corrected chi connectivity index (χ0v) is 64.0. The summed E-state index contributed by atoms with van der Waals surface area (Å²) in [5.74, 6) is -5.98. The summed E-state index contributed by atoms with van der Waals surface area (Å²) < 4.78 is 40.0. The number of Topliss-reactive ketones (excluding diaryl/α,β-unsaturated/α-hetero) is 2. The largest absolute Gasteiger partial charge is 0.481 e. The molecule has 0 aromatic heterocycles. The van der Waals surface area contributed by atoms with Crippen molar-refractivity contribution in [2.45, 2.75) is 237 Å². The third kappa shape index (κ3) is 28.2. The molecule has 5 atom stereocenters. The monoisotopic (exact) mass is 1520 g/mol. The molecule has 7 amide bonds. The number of nitrogens with zero attached hydrogens (tertiary/aromatic N) is 2. The third-order valence-corrected chi connectivity index (χ3v) is 21.0. The summed E-state index contributed by atoms with van der Waals surface area (Å²) in [5, 5.41) is 53.1. The molecule has 2 aliphatic heterocycles. The number of nitrogens with one attached hydrogen (secondary N) is 6. The Balaban J connectivity index is 1.15. The third-order valence-electron chi connectivity index (χ3n) is 20.2. The van der Waals surface area contributed by atoms with Crippen LogP contribution in [0, 0.1) is 5.92 Å². The lowest BCUT2D eigenvalue weighted by molar-refractivity contribution is -0.143. The number of carbonyl (C=O) groups excluding carboxylic acids is 6. The van der Waals surface area contributed by atoms with E-state index in [-0.39, 0.29) is 119 Å². The number of carbonyl (C=O) groups is 10. The van der Waals surface area contributed by atoms with Crippen molar-refractivity contribution < 1.29 is 86.1 Å². The van der Waals surface area contributed by atoms with Crippen LogP contribution in [0.3, 0.4) is 0 Å². The molecule has 3 aliphatic rings. The number of carboxylic acid groups (broad SMARTS) is 4. The van der Waals surface area contributed by atoms with Gasteiger partial charge in [0.25, 0.3) is 10.1 Å². The van der Waals surface area contributed by atoms with Gasteiger partial charge in [-0.2, -0.15) is 8.42 Å². The molecule has 108 heavy (non-hydrogen) atoms. The van der Waals surface area contributed by atoms with Gasteiger partial charge in [-0.05, 0) is 148 Å². The van der Waals surface area contributed by atoms with Crippen molar-refractivity contribution in [3.8, 4) is 5.75 Å². The highest BCUT2D eigenvalue weighted by atomic mass is 32.2. The van der Waals surface area contributed by atoms with Crippen LogP contribution < -0.4 is 52.2 Å². The van der Waals surface area contributed by atoms with Gasteiger partial charge in [0.1, 0.15) is 29.4 Å². The van der Waals surface area contributed by atoms with Crippen LogP contribution in [0.5, 0.6) is 5.75 Å². The molecule has 1 aliphatic carbocycles. The second-order valence-electron chi connectivity index (χ2n) is 29.3. The van der Waals surface area contributed by atoms with Crippen molar-refractivity contribution in [1.29, 1.82) is 0 Å². The number of rotatable bonds is 49. The van der Waals surface area contributed by atoms with Gasteiger partial charge in [-0.1, -0.05) is 140 Å². The smallest absolute Gasteiger partial charge is 0.404 e. The highest BCUT2D eigenvalue weighted by Crippen LogP contribution is 2.49. The summed E-state index contributed by atoms with van der Waals surface area (Å²) >= 11 is 0. The number of primary amides is 1. The zero-order valence-electron chi connectivity index (χ0n) is 63.2. The molecule has 0 bridgehead atoms. The van der Waals surface area contributed by atoms with Crippen molar-refractivity contribution in [3.63, 3.8) is 0 Å². The normalized spacial score (nSPS) is 16.9. The summed E-state index contributed by atoms with van der Waals surface area (Å²) in [6.45, 7) is 12.5. The fraction of sp³-hybridized carbons (Fsp3) is 0.550.